The maximum atomic E-state index is 11.6. The van der Waals surface area contributed by atoms with E-state index in [1.165, 1.54) is 16.7 Å². The van der Waals surface area contributed by atoms with Crippen molar-refractivity contribution in [3.05, 3.63) is 59.2 Å². The summed E-state index contributed by atoms with van der Waals surface area (Å²) in [7, 11) is 0. The van der Waals surface area contributed by atoms with E-state index in [4.69, 9.17) is 10.5 Å². The van der Waals surface area contributed by atoms with E-state index >= 15 is 0 Å². The van der Waals surface area contributed by atoms with E-state index in [1.807, 2.05) is 11.0 Å². The highest BCUT2D eigenvalue weighted by Crippen LogP contribution is 2.40. The highest BCUT2D eigenvalue weighted by Gasteiger charge is 2.27. The molecule has 3 aromatic rings. The summed E-state index contributed by atoms with van der Waals surface area (Å²) in [5.74, 6) is 0.561. The topological polar surface area (TPSA) is 68.5 Å². The predicted molar refractivity (Wildman–Crippen MR) is 119 cm³/mol. The summed E-state index contributed by atoms with van der Waals surface area (Å²) in [6.45, 7) is 3.75. The van der Waals surface area contributed by atoms with Crippen molar-refractivity contribution in [2.75, 3.05) is 18.9 Å². The summed E-state index contributed by atoms with van der Waals surface area (Å²) in [5.41, 5.74) is 12.9. The molecule has 2 aromatic carbocycles. The highest BCUT2D eigenvalue weighted by molar-refractivity contribution is 5.88. The number of amides is 1. The standard InChI is InChI=1S/C25H27N3O2/c1-16-5-2-6-19(22-7-3-11-28(22)15-29)24(16)17-9-10-21-18(13-17)14-20(25(26)27-21)23-8-4-12-30-23/h2,5-6,9-10,13-15,22-23H,3-4,7-8,11-12H2,1H3,(H2,26,27). The largest absolute Gasteiger partial charge is 0.383 e. The SMILES string of the molecule is Cc1cccc(C2CCCN2C=O)c1-c1ccc2nc(N)c(C3CCCO3)cc2c1. The molecule has 0 radical (unpaired) electrons. The summed E-state index contributed by atoms with van der Waals surface area (Å²) in [6, 6.07) is 15.0. The van der Waals surface area contributed by atoms with Gasteiger partial charge in [0.25, 0.3) is 0 Å². The number of fused-ring (bicyclic) bond motifs is 1. The van der Waals surface area contributed by atoms with Crippen LogP contribution in [0.3, 0.4) is 0 Å². The lowest BCUT2D eigenvalue weighted by Gasteiger charge is -2.24. The Balaban J connectivity index is 1.63. The third kappa shape index (κ3) is 3.23. The number of ether oxygens (including phenoxy) is 1. The Bertz CT molecular complexity index is 1100. The van der Waals surface area contributed by atoms with Crippen LogP contribution >= 0.6 is 0 Å². The number of hydrogen-bond donors (Lipinski definition) is 1. The molecular formula is C25H27N3O2. The van der Waals surface area contributed by atoms with Crippen LogP contribution in [0.4, 0.5) is 5.82 Å². The molecule has 30 heavy (non-hydrogen) atoms. The Morgan fingerprint density at radius 2 is 2.03 bits per heavy atom. The number of anilines is 1. The lowest BCUT2D eigenvalue weighted by Crippen LogP contribution is -2.21. The molecule has 5 heteroatoms. The summed E-state index contributed by atoms with van der Waals surface area (Å²) in [6.07, 6.45) is 5.13. The highest BCUT2D eigenvalue weighted by atomic mass is 16.5. The van der Waals surface area contributed by atoms with Gasteiger partial charge >= 0.3 is 0 Å². The van der Waals surface area contributed by atoms with E-state index in [-0.39, 0.29) is 12.1 Å². The molecule has 2 aliphatic rings. The van der Waals surface area contributed by atoms with Crippen molar-refractivity contribution in [1.29, 1.82) is 0 Å². The van der Waals surface area contributed by atoms with Crippen molar-refractivity contribution in [2.45, 2.75) is 44.8 Å². The second-order valence-electron chi connectivity index (χ2n) is 8.41. The van der Waals surface area contributed by atoms with Crippen molar-refractivity contribution in [2.24, 2.45) is 0 Å². The second kappa shape index (κ2) is 7.73. The average Bonchev–Trinajstić information content (AvgIpc) is 3.45. The van der Waals surface area contributed by atoms with Gasteiger partial charge < -0.3 is 15.4 Å². The number of hydrogen-bond acceptors (Lipinski definition) is 4. The summed E-state index contributed by atoms with van der Waals surface area (Å²) in [4.78, 5) is 18.2. The summed E-state index contributed by atoms with van der Waals surface area (Å²) >= 11 is 0. The Labute approximate surface area is 176 Å². The monoisotopic (exact) mass is 401 g/mol. The van der Waals surface area contributed by atoms with Crippen LogP contribution in [0.15, 0.2) is 42.5 Å². The van der Waals surface area contributed by atoms with Gasteiger partial charge in [0.05, 0.1) is 17.7 Å². The molecule has 154 valence electrons. The van der Waals surface area contributed by atoms with Gasteiger partial charge in [0.1, 0.15) is 5.82 Å². The number of likely N-dealkylation sites (tertiary alicyclic amines) is 1. The Hall–Kier alpha value is -2.92. The third-order valence-corrected chi connectivity index (χ3v) is 6.53. The molecule has 0 spiro atoms. The van der Waals surface area contributed by atoms with Gasteiger partial charge in [-0.25, -0.2) is 4.98 Å². The van der Waals surface area contributed by atoms with Crippen molar-refractivity contribution < 1.29 is 9.53 Å². The quantitative estimate of drug-likeness (QED) is 0.629. The third-order valence-electron chi connectivity index (χ3n) is 6.53. The predicted octanol–water partition coefficient (Wildman–Crippen LogP) is 4.94. The molecule has 2 aliphatic heterocycles. The normalized spacial score (nSPS) is 21.4. The number of nitrogen functional groups attached to an aromatic ring is 1. The first kappa shape index (κ1) is 19.1. The van der Waals surface area contributed by atoms with E-state index < -0.39 is 0 Å². The maximum absolute atomic E-state index is 11.6. The number of rotatable bonds is 4. The van der Waals surface area contributed by atoms with Crippen LogP contribution in [0, 0.1) is 6.92 Å². The zero-order valence-electron chi connectivity index (χ0n) is 17.3. The van der Waals surface area contributed by atoms with Crippen LogP contribution in [0.25, 0.3) is 22.0 Å². The fourth-order valence-electron chi connectivity index (χ4n) is 5.06. The summed E-state index contributed by atoms with van der Waals surface area (Å²) in [5, 5.41) is 1.07. The van der Waals surface area contributed by atoms with Gasteiger partial charge in [-0.1, -0.05) is 24.3 Å². The molecule has 1 aromatic heterocycles. The van der Waals surface area contributed by atoms with Crippen LogP contribution in [-0.4, -0.2) is 29.4 Å². The lowest BCUT2D eigenvalue weighted by molar-refractivity contribution is -0.118. The fraction of sp³-hybridized carbons (Fsp3) is 0.360. The van der Waals surface area contributed by atoms with Gasteiger partial charge in [0.2, 0.25) is 6.41 Å². The van der Waals surface area contributed by atoms with Gasteiger partial charge in [-0.2, -0.15) is 0 Å². The van der Waals surface area contributed by atoms with E-state index in [9.17, 15) is 4.79 Å². The fourth-order valence-corrected chi connectivity index (χ4v) is 5.06. The molecule has 2 fully saturated rings. The van der Waals surface area contributed by atoms with Gasteiger partial charge in [0, 0.05) is 24.1 Å². The first-order chi connectivity index (χ1) is 14.7. The Morgan fingerprint density at radius 3 is 2.83 bits per heavy atom. The number of pyridine rings is 1. The molecule has 2 N–H and O–H groups in total. The minimum Gasteiger partial charge on any atom is -0.383 e. The first-order valence-electron chi connectivity index (χ1n) is 10.8. The van der Waals surface area contributed by atoms with Crippen LogP contribution in [-0.2, 0) is 9.53 Å². The number of carbonyl (C=O) groups is 1. The minimum atomic E-state index is 0.0409. The minimum absolute atomic E-state index is 0.0409. The van der Waals surface area contributed by atoms with Crippen molar-refractivity contribution in [1.82, 2.24) is 9.88 Å². The van der Waals surface area contributed by atoms with Crippen LogP contribution < -0.4 is 5.73 Å². The number of nitrogens with zero attached hydrogens (tertiary/aromatic N) is 2. The van der Waals surface area contributed by atoms with Crippen LogP contribution in [0.2, 0.25) is 0 Å². The average molecular weight is 402 g/mol. The van der Waals surface area contributed by atoms with Gasteiger partial charge in [-0.3, -0.25) is 4.79 Å². The zero-order chi connectivity index (χ0) is 20.7. The molecule has 0 aliphatic carbocycles. The molecule has 2 atom stereocenters. The molecule has 3 heterocycles. The molecular weight excluding hydrogens is 374 g/mol. The van der Waals surface area contributed by atoms with Crippen LogP contribution in [0.1, 0.15) is 54.5 Å². The lowest BCUT2D eigenvalue weighted by atomic mass is 9.89. The van der Waals surface area contributed by atoms with Gasteiger partial charge in [0.15, 0.2) is 0 Å². The van der Waals surface area contributed by atoms with E-state index in [0.29, 0.717) is 5.82 Å². The van der Waals surface area contributed by atoms with E-state index in [2.05, 4.69) is 48.3 Å². The molecule has 0 bridgehead atoms. The van der Waals surface area contributed by atoms with E-state index in [1.54, 1.807) is 0 Å². The molecule has 0 saturated carbocycles. The number of aryl methyl sites for hydroxylation is 1. The van der Waals surface area contributed by atoms with Crippen molar-refractivity contribution in [3.63, 3.8) is 0 Å². The molecule has 2 saturated heterocycles. The molecule has 5 nitrogen and oxygen atoms in total. The second-order valence-corrected chi connectivity index (χ2v) is 8.41. The number of benzene rings is 2. The number of nitrogens with two attached hydrogens (primary N) is 1. The summed E-state index contributed by atoms with van der Waals surface area (Å²) < 4.78 is 5.85. The molecule has 1 amide bonds. The molecule has 5 rings (SSSR count). The number of aromatic nitrogens is 1. The van der Waals surface area contributed by atoms with Gasteiger partial charge in [-0.15, -0.1) is 0 Å². The van der Waals surface area contributed by atoms with Gasteiger partial charge in [-0.05, 0) is 73.1 Å². The number of carbonyl (C=O) groups excluding carboxylic acids is 1. The molecule has 2 unspecified atom stereocenters. The van der Waals surface area contributed by atoms with Crippen molar-refractivity contribution in [3.8, 4) is 11.1 Å². The van der Waals surface area contributed by atoms with E-state index in [0.717, 1.165) is 67.3 Å². The Kier molecular flexibility index (Phi) is 4.91. The smallest absolute Gasteiger partial charge is 0.210 e. The zero-order valence-corrected chi connectivity index (χ0v) is 17.3. The first-order valence-corrected chi connectivity index (χ1v) is 10.8. The van der Waals surface area contributed by atoms with Crippen LogP contribution in [0.5, 0.6) is 0 Å². The van der Waals surface area contributed by atoms with Crippen molar-refractivity contribution >= 4 is 23.1 Å². The maximum Gasteiger partial charge on any atom is 0.210 e. The Morgan fingerprint density at radius 1 is 1.13 bits per heavy atom.